The summed E-state index contributed by atoms with van der Waals surface area (Å²) in [6.07, 6.45) is 0. The molecular formula is C15H10Cl2FN2O2-. The van der Waals surface area contributed by atoms with E-state index in [4.69, 9.17) is 23.2 Å². The van der Waals surface area contributed by atoms with Crippen LogP contribution in [0.3, 0.4) is 0 Å². The van der Waals surface area contributed by atoms with Gasteiger partial charge in [-0.2, -0.15) is 5.10 Å². The van der Waals surface area contributed by atoms with Gasteiger partial charge in [-0.05, 0) is 42.8 Å². The third-order valence-corrected chi connectivity index (χ3v) is 3.51. The Hall–Kier alpha value is -2.11. The van der Waals surface area contributed by atoms with Gasteiger partial charge in [0.15, 0.2) is 0 Å². The summed E-state index contributed by atoms with van der Waals surface area (Å²) in [6.45, 7) is 1.67. The topological polar surface area (TPSA) is 64.5 Å². The molecule has 0 bridgehead atoms. The number of carboxylic acid groups (broad SMARTS) is 1. The minimum atomic E-state index is -1.32. The van der Waals surface area contributed by atoms with Gasteiger partial charge in [0.05, 0.1) is 27.4 Å². The normalized spacial score (nSPS) is 11.4. The van der Waals surface area contributed by atoms with Crippen molar-refractivity contribution in [2.75, 3.05) is 5.43 Å². The van der Waals surface area contributed by atoms with Crippen LogP contribution in [0, 0.1) is 5.82 Å². The first kappa shape index (κ1) is 16.3. The Labute approximate surface area is 136 Å². The van der Waals surface area contributed by atoms with E-state index in [0.29, 0.717) is 22.0 Å². The van der Waals surface area contributed by atoms with Gasteiger partial charge in [-0.25, -0.2) is 4.39 Å². The van der Waals surface area contributed by atoms with E-state index in [1.54, 1.807) is 6.92 Å². The van der Waals surface area contributed by atoms with Gasteiger partial charge in [-0.15, -0.1) is 0 Å². The number of hydrazone groups is 1. The molecule has 0 aliphatic carbocycles. The molecule has 0 heterocycles. The Morgan fingerprint density at radius 3 is 2.55 bits per heavy atom. The summed E-state index contributed by atoms with van der Waals surface area (Å²) in [5, 5.41) is 15.4. The average molecular weight is 340 g/mol. The zero-order valence-corrected chi connectivity index (χ0v) is 12.9. The fraction of sp³-hybridized carbons (Fsp3) is 0.0667. The molecule has 1 N–H and O–H groups in total. The second kappa shape index (κ2) is 6.77. The number of nitrogens with zero attached hydrogens (tertiary/aromatic N) is 1. The zero-order valence-electron chi connectivity index (χ0n) is 11.4. The van der Waals surface area contributed by atoms with E-state index in [0.717, 1.165) is 0 Å². The van der Waals surface area contributed by atoms with Crippen molar-refractivity contribution in [1.82, 2.24) is 0 Å². The van der Waals surface area contributed by atoms with E-state index in [1.807, 2.05) is 0 Å². The molecule has 22 heavy (non-hydrogen) atoms. The summed E-state index contributed by atoms with van der Waals surface area (Å²) < 4.78 is 13.0. The third kappa shape index (κ3) is 3.75. The maximum atomic E-state index is 13.0. The monoisotopic (exact) mass is 339 g/mol. The van der Waals surface area contributed by atoms with Gasteiger partial charge >= 0.3 is 0 Å². The highest BCUT2D eigenvalue weighted by atomic mass is 35.5. The van der Waals surface area contributed by atoms with Crippen LogP contribution in [-0.2, 0) is 0 Å². The van der Waals surface area contributed by atoms with Crippen LogP contribution >= 0.6 is 23.2 Å². The largest absolute Gasteiger partial charge is 0.545 e. The SMILES string of the molecule is C/C(=N/Nc1cc(C(=O)[O-])ccc1Cl)c1ccc(F)cc1Cl. The van der Waals surface area contributed by atoms with Gasteiger partial charge < -0.3 is 9.90 Å². The second-order valence-corrected chi connectivity index (χ2v) is 5.23. The van der Waals surface area contributed by atoms with E-state index >= 15 is 0 Å². The van der Waals surface area contributed by atoms with Crippen LogP contribution in [0.5, 0.6) is 0 Å². The molecule has 2 aromatic rings. The van der Waals surface area contributed by atoms with Crippen LogP contribution in [-0.4, -0.2) is 11.7 Å². The first-order valence-electron chi connectivity index (χ1n) is 6.15. The van der Waals surface area contributed by atoms with Crippen molar-refractivity contribution in [2.24, 2.45) is 5.10 Å². The lowest BCUT2D eigenvalue weighted by Gasteiger charge is -2.09. The van der Waals surface area contributed by atoms with Crippen LogP contribution in [0.4, 0.5) is 10.1 Å². The van der Waals surface area contributed by atoms with Crippen LogP contribution < -0.4 is 10.5 Å². The molecule has 0 saturated carbocycles. The number of hydrogen-bond donors (Lipinski definition) is 1. The van der Waals surface area contributed by atoms with Gasteiger partial charge in [0.25, 0.3) is 0 Å². The molecule has 4 nitrogen and oxygen atoms in total. The van der Waals surface area contributed by atoms with Gasteiger partial charge in [-0.3, -0.25) is 5.43 Å². The Balaban J connectivity index is 2.27. The van der Waals surface area contributed by atoms with E-state index < -0.39 is 11.8 Å². The van der Waals surface area contributed by atoms with Crippen molar-refractivity contribution in [2.45, 2.75) is 6.92 Å². The summed E-state index contributed by atoms with van der Waals surface area (Å²) in [5.41, 5.74) is 3.97. The van der Waals surface area contributed by atoms with E-state index in [-0.39, 0.29) is 10.6 Å². The summed E-state index contributed by atoms with van der Waals surface area (Å²) in [5.74, 6) is -1.76. The van der Waals surface area contributed by atoms with Gasteiger partial charge in [0.2, 0.25) is 0 Å². The highest BCUT2D eigenvalue weighted by Gasteiger charge is 2.06. The summed E-state index contributed by atoms with van der Waals surface area (Å²) in [4.78, 5) is 10.8. The maximum absolute atomic E-state index is 13.0. The Bertz CT molecular complexity index is 763. The number of rotatable bonds is 4. The van der Waals surface area contributed by atoms with Crippen molar-refractivity contribution in [3.05, 3.63) is 63.4 Å². The molecule has 0 spiro atoms. The van der Waals surface area contributed by atoms with E-state index in [2.05, 4.69) is 10.5 Å². The number of carbonyl (C=O) groups excluding carboxylic acids is 1. The number of hydrogen-bond acceptors (Lipinski definition) is 4. The van der Waals surface area contributed by atoms with E-state index in [1.165, 1.54) is 36.4 Å². The van der Waals surface area contributed by atoms with Crippen LogP contribution in [0.15, 0.2) is 41.5 Å². The molecule has 0 amide bonds. The lowest BCUT2D eigenvalue weighted by atomic mass is 10.1. The smallest absolute Gasteiger partial charge is 0.124 e. The molecule has 0 aliphatic rings. The Kier molecular flexibility index (Phi) is 5.00. The van der Waals surface area contributed by atoms with Gasteiger partial charge in [-0.1, -0.05) is 29.3 Å². The fourth-order valence-electron chi connectivity index (χ4n) is 1.73. The molecule has 0 saturated heterocycles. The predicted molar refractivity (Wildman–Crippen MR) is 83.0 cm³/mol. The highest BCUT2D eigenvalue weighted by molar-refractivity contribution is 6.34. The standard InChI is InChI=1S/C15H11Cl2FN2O2/c1-8(11-4-3-10(18)7-13(11)17)19-20-14-6-9(15(21)22)2-5-12(14)16/h2-7,20H,1H3,(H,21,22)/p-1/b19-8-. The van der Waals surface area contributed by atoms with Crippen molar-refractivity contribution < 1.29 is 14.3 Å². The number of carboxylic acids is 1. The summed E-state index contributed by atoms with van der Waals surface area (Å²) >= 11 is 11.9. The molecule has 114 valence electrons. The Morgan fingerprint density at radius 2 is 1.91 bits per heavy atom. The van der Waals surface area contributed by atoms with Crippen molar-refractivity contribution in [3.63, 3.8) is 0 Å². The van der Waals surface area contributed by atoms with Crippen molar-refractivity contribution >= 4 is 40.6 Å². The van der Waals surface area contributed by atoms with Gasteiger partial charge in [0, 0.05) is 5.56 Å². The zero-order chi connectivity index (χ0) is 16.3. The van der Waals surface area contributed by atoms with Crippen molar-refractivity contribution in [3.8, 4) is 0 Å². The molecule has 0 unspecified atom stereocenters. The molecule has 0 atom stereocenters. The van der Waals surface area contributed by atoms with Crippen LogP contribution in [0.2, 0.25) is 10.0 Å². The predicted octanol–water partition coefficient (Wildman–Crippen LogP) is 3.33. The number of benzene rings is 2. The quantitative estimate of drug-likeness (QED) is 0.686. The third-order valence-electron chi connectivity index (χ3n) is 2.87. The minimum Gasteiger partial charge on any atom is -0.545 e. The van der Waals surface area contributed by atoms with Crippen LogP contribution in [0.1, 0.15) is 22.8 Å². The number of anilines is 1. The second-order valence-electron chi connectivity index (χ2n) is 4.42. The number of nitrogens with one attached hydrogen (secondary N) is 1. The fourth-order valence-corrected chi connectivity index (χ4v) is 2.19. The molecule has 2 aromatic carbocycles. The highest BCUT2D eigenvalue weighted by Crippen LogP contribution is 2.24. The number of halogens is 3. The first-order chi connectivity index (χ1) is 10.4. The molecule has 2 rings (SSSR count). The number of aromatic carboxylic acids is 1. The van der Waals surface area contributed by atoms with Gasteiger partial charge in [0.1, 0.15) is 5.82 Å². The minimum absolute atomic E-state index is 0.0282. The van der Waals surface area contributed by atoms with E-state index in [9.17, 15) is 14.3 Å². The maximum Gasteiger partial charge on any atom is 0.124 e. The van der Waals surface area contributed by atoms with Crippen molar-refractivity contribution in [1.29, 1.82) is 0 Å². The molecule has 0 radical (unpaired) electrons. The molecule has 0 aromatic heterocycles. The van der Waals surface area contributed by atoms with Crippen LogP contribution in [0.25, 0.3) is 0 Å². The molecule has 0 fully saturated rings. The lowest BCUT2D eigenvalue weighted by molar-refractivity contribution is -0.255. The average Bonchev–Trinajstić information content (AvgIpc) is 2.45. The molecular weight excluding hydrogens is 330 g/mol. The number of carbonyl (C=O) groups is 1. The lowest BCUT2D eigenvalue weighted by Crippen LogP contribution is -2.22. The first-order valence-corrected chi connectivity index (χ1v) is 6.90. The Morgan fingerprint density at radius 1 is 1.18 bits per heavy atom. The summed E-state index contributed by atoms with van der Waals surface area (Å²) in [6, 6.07) is 8.00. The molecule has 7 heteroatoms. The summed E-state index contributed by atoms with van der Waals surface area (Å²) in [7, 11) is 0. The molecule has 0 aliphatic heterocycles.